The average molecular weight is 260 g/mol. The van der Waals surface area contributed by atoms with Gasteiger partial charge < -0.3 is 0 Å². The molecule has 6 heteroatoms. The number of nitrogens with one attached hydrogen (secondary N) is 1. The van der Waals surface area contributed by atoms with Gasteiger partial charge in [-0.2, -0.15) is 16.4 Å². The van der Waals surface area contributed by atoms with Crippen LogP contribution in [0.1, 0.15) is 0 Å². The van der Waals surface area contributed by atoms with Crippen molar-refractivity contribution in [2.75, 3.05) is 0 Å². The first-order chi connectivity index (χ1) is 8.36. The Bertz CT molecular complexity index is 667. The molecule has 0 aliphatic rings. The van der Waals surface area contributed by atoms with Gasteiger partial charge in [0.05, 0.1) is 5.69 Å². The first-order valence-electron chi connectivity index (χ1n) is 4.96. The molecule has 0 atom stereocenters. The van der Waals surface area contributed by atoms with E-state index in [0.717, 1.165) is 17.1 Å². The molecule has 0 spiro atoms. The summed E-state index contributed by atoms with van der Waals surface area (Å²) in [5.74, 6) is 0.802. The van der Waals surface area contributed by atoms with Crippen LogP contribution in [0, 0.1) is 4.77 Å². The van der Waals surface area contributed by atoms with Crippen molar-refractivity contribution >= 4 is 23.6 Å². The van der Waals surface area contributed by atoms with Gasteiger partial charge in [-0.05, 0) is 35.8 Å². The predicted molar refractivity (Wildman–Crippen MR) is 69.9 cm³/mol. The van der Waals surface area contributed by atoms with Crippen molar-refractivity contribution in [2.45, 2.75) is 0 Å². The zero-order valence-corrected chi connectivity index (χ0v) is 10.3. The predicted octanol–water partition coefficient (Wildman–Crippen LogP) is 3.05. The number of pyridine rings is 1. The van der Waals surface area contributed by atoms with Crippen molar-refractivity contribution in [3.63, 3.8) is 0 Å². The summed E-state index contributed by atoms with van der Waals surface area (Å²) in [4.78, 5) is 4.00. The molecule has 3 heterocycles. The molecule has 0 bridgehead atoms. The highest BCUT2D eigenvalue weighted by molar-refractivity contribution is 7.71. The fourth-order valence-corrected chi connectivity index (χ4v) is 2.47. The first kappa shape index (κ1) is 10.4. The van der Waals surface area contributed by atoms with Crippen LogP contribution in [0.5, 0.6) is 0 Å². The zero-order valence-electron chi connectivity index (χ0n) is 8.70. The molecule has 3 aromatic rings. The van der Waals surface area contributed by atoms with Crippen molar-refractivity contribution in [3.05, 3.63) is 46.1 Å². The summed E-state index contributed by atoms with van der Waals surface area (Å²) < 4.78 is 2.51. The zero-order chi connectivity index (χ0) is 11.7. The van der Waals surface area contributed by atoms with Gasteiger partial charge in [0.1, 0.15) is 0 Å². The van der Waals surface area contributed by atoms with Crippen molar-refractivity contribution in [1.82, 2.24) is 19.7 Å². The molecule has 84 valence electrons. The van der Waals surface area contributed by atoms with Gasteiger partial charge in [-0.1, -0.05) is 0 Å². The molecule has 0 saturated heterocycles. The lowest BCUT2D eigenvalue weighted by Gasteiger charge is -2.03. The number of nitrogens with zero attached hydrogens (tertiary/aromatic N) is 3. The van der Waals surface area contributed by atoms with Crippen LogP contribution < -0.4 is 0 Å². The fourth-order valence-electron chi connectivity index (χ4n) is 1.62. The minimum Gasteiger partial charge on any atom is -0.267 e. The van der Waals surface area contributed by atoms with Gasteiger partial charge in [-0.3, -0.25) is 14.6 Å². The fraction of sp³-hybridized carbons (Fsp3) is 0. The van der Waals surface area contributed by atoms with E-state index in [0.29, 0.717) is 4.77 Å². The summed E-state index contributed by atoms with van der Waals surface area (Å²) in [7, 11) is 0. The molecule has 0 aromatic carbocycles. The molecule has 3 rings (SSSR count). The van der Waals surface area contributed by atoms with Crippen LogP contribution >= 0.6 is 23.6 Å². The molecule has 0 fully saturated rings. The second-order valence-corrected chi connectivity index (χ2v) is 4.57. The van der Waals surface area contributed by atoms with E-state index in [1.165, 1.54) is 0 Å². The van der Waals surface area contributed by atoms with Gasteiger partial charge in [-0.15, -0.1) is 0 Å². The second kappa shape index (κ2) is 4.23. The molecule has 17 heavy (non-hydrogen) atoms. The molecule has 0 saturated carbocycles. The van der Waals surface area contributed by atoms with Crippen LogP contribution in [0.4, 0.5) is 0 Å². The average Bonchev–Trinajstić information content (AvgIpc) is 2.99. The number of rotatable bonds is 2. The third-order valence-electron chi connectivity index (χ3n) is 2.38. The number of aromatic nitrogens is 4. The second-order valence-electron chi connectivity index (χ2n) is 3.41. The minimum atomic E-state index is 0.593. The maximum atomic E-state index is 5.25. The van der Waals surface area contributed by atoms with E-state index < -0.39 is 0 Å². The maximum Gasteiger partial charge on any atom is 0.200 e. The third kappa shape index (κ3) is 1.81. The van der Waals surface area contributed by atoms with E-state index in [1.54, 1.807) is 23.7 Å². The summed E-state index contributed by atoms with van der Waals surface area (Å²) >= 11 is 6.88. The van der Waals surface area contributed by atoms with Crippen LogP contribution in [0.15, 0.2) is 41.4 Å². The summed E-state index contributed by atoms with van der Waals surface area (Å²) in [5, 5.41) is 11.1. The van der Waals surface area contributed by atoms with E-state index in [2.05, 4.69) is 15.2 Å². The van der Waals surface area contributed by atoms with E-state index >= 15 is 0 Å². The lowest BCUT2D eigenvalue weighted by molar-refractivity contribution is 1.04. The smallest absolute Gasteiger partial charge is 0.200 e. The largest absolute Gasteiger partial charge is 0.267 e. The Balaban J connectivity index is 2.24. The molecule has 0 amide bonds. The molecule has 1 N–H and O–H groups in total. The van der Waals surface area contributed by atoms with Gasteiger partial charge in [0.25, 0.3) is 0 Å². The Kier molecular flexibility index (Phi) is 2.58. The highest BCUT2D eigenvalue weighted by atomic mass is 32.1. The monoisotopic (exact) mass is 260 g/mol. The lowest BCUT2D eigenvalue weighted by atomic mass is 10.2. The van der Waals surface area contributed by atoms with Crippen molar-refractivity contribution in [2.24, 2.45) is 0 Å². The molecule has 4 nitrogen and oxygen atoms in total. The third-order valence-corrected chi connectivity index (χ3v) is 3.32. The Hall–Kier alpha value is -1.79. The van der Waals surface area contributed by atoms with Crippen molar-refractivity contribution < 1.29 is 0 Å². The SMILES string of the molecule is S=c1[nH]nc(-c2ccncc2)n1-c1ccsc1. The summed E-state index contributed by atoms with van der Waals surface area (Å²) in [6.07, 6.45) is 3.48. The highest BCUT2D eigenvalue weighted by Gasteiger charge is 2.10. The summed E-state index contributed by atoms with van der Waals surface area (Å²) in [5.41, 5.74) is 2.01. The number of hydrogen-bond donors (Lipinski definition) is 1. The van der Waals surface area contributed by atoms with Crippen LogP contribution in [0.25, 0.3) is 17.1 Å². The Morgan fingerprint density at radius 1 is 1.24 bits per heavy atom. The summed E-state index contributed by atoms with van der Waals surface area (Å²) in [6.45, 7) is 0. The van der Waals surface area contributed by atoms with Crippen LogP contribution in [0.3, 0.4) is 0 Å². The van der Waals surface area contributed by atoms with E-state index in [4.69, 9.17) is 12.2 Å². The van der Waals surface area contributed by atoms with Crippen LogP contribution in [-0.4, -0.2) is 19.7 Å². The van der Waals surface area contributed by atoms with E-state index in [9.17, 15) is 0 Å². The molecule has 0 radical (unpaired) electrons. The molecular weight excluding hydrogens is 252 g/mol. The van der Waals surface area contributed by atoms with E-state index in [-0.39, 0.29) is 0 Å². The highest BCUT2D eigenvalue weighted by Crippen LogP contribution is 2.21. The van der Waals surface area contributed by atoms with Crippen LogP contribution in [0.2, 0.25) is 0 Å². The number of hydrogen-bond acceptors (Lipinski definition) is 4. The lowest BCUT2D eigenvalue weighted by Crippen LogP contribution is -1.95. The first-order valence-corrected chi connectivity index (χ1v) is 6.32. The molecule has 0 aliphatic carbocycles. The molecule has 3 aromatic heterocycles. The van der Waals surface area contributed by atoms with E-state index in [1.807, 2.05) is 33.5 Å². The molecule has 0 unspecified atom stereocenters. The molecule has 0 aliphatic heterocycles. The Morgan fingerprint density at radius 3 is 2.76 bits per heavy atom. The maximum absolute atomic E-state index is 5.25. The van der Waals surface area contributed by atoms with Gasteiger partial charge in [-0.25, -0.2) is 0 Å². The number of thiophene rings is 1. The topological polar surface area (TPSA) is 46.5 Å². The van der Waals surface area contributed by atoms with Crippen molar-refractivity contribution in [3.8, 4) is 17.1 Å². The number of aromatic amines is 1. The van der Waals surface area contributed by atoms with Crippen LogP contribution in [-0.2, 0) is 0 Å². The standard InChI is InChI=1S/C11H8N4S2/c16-11-14-13-10(8-1-4-12-5-2-8)15(11)9-3-6-17-7-9/h1-7H,(H,14,16). The minimum absolute atomic E-state index is 0.593. The van der Waals surface area contributed by atoms with Gasteiger partial charge in [0, 0.05) is 23.3 Å². The van der Waals surface area contributed by atoms with Crippen molar-refractivity contribution in [1.29, 1.82) is 0 Å². The van der Waals surface area contributed by atoms with Gasteiger partial charge in [0.15, 0.2) is 10.6 Å². The normalized spacial score (nSPS) is 10.6. The Labute approximate surface area is 107 Å². The van der Waals surface area contributed by atoms with Gasteiger partial charge in [0.2, 0.25) is 0 Å². The summed E-state index contributed by atoms with van der Waals surface area (Å²) in [6, 6.07) is 5.84. The molecular formula is C11H8N4S2. The quantitative estimate of drug-likeness (QED) is 0.720. The number of H-pyrrole nitrogens is 1. The Morgan fingerprint density at radius 2 is 2.06 bits per heavy atom. The van der Waals surface area contributed by atoms with Gasteiger partial charge >= 0.3 is 0 Å².